The Balaban J connectivity index is 0. The van der Waals surface area contributed by atoms with Crippen LogP contribution in [0.1, 0.15) is 0 Å². The number of rotatable bonds is 0. The summed E-state index contributed by atoms with van der Waals surface area (Å²) >= 11 is 0. The predicted octanol–water partition coefficient (Wildman–Crippen LogP) is -2.36. The molecule has 4 heteroatoms. The Hall–Kier alpha value is 0.136. The van der Waals surface area contributed by atoms with Crippen molar-refractivity contribution in [3.63, 3.8) is 0 Å². The van der Waals surface area contributed by atoms with Gasteiger partial charge in [-0.05, 0) is 0 Å². The maximum absolute atomic E-state index is 11.8. The van der Waals surface area contributed by atoms with E-state index in [0.29, 0.717) is 0 Å². The molecular weight excluding hydrogens is 153 g/mol. The molecular formula is C5H3ClFMgN. The summed E-state index contributed by atoms with van der Waals surface area (Å²) in [5.74, 6) is -0.321. The zero-order chi connectivity index (χ0) is 5.11. The van der Waals surface area contributed by atoms with E-state index >= 15 is 0 Å². The van der Waals surface area contributed by atoms with Crippen molar-refractivity contribution in [1.29, 1.82) is 0 Å². The Kier molecular flexibility index (Phi) is 8.26. The zero-order valence-corrected chi connectivity index (χ0v) is 6.81. The van der Waals surface area contributed by atoms with Crippen LogP contribution in [-0.4, -0.2) is 28.0 Å². The van der Waals surface area contributed by atoms with Crippen LogP contribution in [0, 0.1) is 12.0 Å². The molecule has 1 aromatic heterocycles. The van der Waals surface area contributed by atoms with Gasteiger partial charge in [-0.2, -0.15) is 6.07 Å². The van der Waals surface area contributed by atoms with E-state index in [1.54, 1.807) is 0 Å². The minimum absolute atomic E-state index is 0. The van der Waals surface area contributed by atoms with Crippen molar-refractivity contribution in [2.24, 2.45) is 0 Å². The SMILES string of the molecule is Fc1cc[c-]nc1.[Cl-].[Mg+2]. The molecule has 0 aliphatic rings. The van der Waals surface area contributed by atoms with Gasteiger partial charge in [-0.3, -0.25) is 0 Å². The summed E-state index contributed by atoms with van der Waals surface area (Å²) in [4.78, 5) is 3.38. The van der Waals surface area contributed by atoms with Crippen molar-refractivity contribution in [2.45, 2.75) is 0 Å². The summed E-state index contributed by atoms with van der Waals surface area (Å²) in [6.07, 6.45) is 3.55. The number of halogens is 2. The van der Waals surface area contributed by atoms with Crippen LogP contribution in [0.4, 0.5) is 4.39 Å². The summed E-state index contributed by atoms with van der Waals surface area (Å²) < 4.78 is 11.8. The molecule has 1 heterocycles. The van der Waals surface area contributed by atoms with E-state index in [0.717, 1.165) is 6.20 Å². The molecule has 1 nitrogen and oxygen atoms in total. The number of aromatic nitrogens is 1. The molecule has 1 rings (SSSR count). The van der Waals surface area contributed by atoms with E-state index < -0.39 is 0 Å². The van der Waals surface area contributed by atoms with E-state index in [1.807, 2.05) is 0 Å². The molecule has 0 amide bonds. The first-order valence-electron chi connectivity index (χ1n) is 1.87. The van der Waals surface area contributed by atoms with Gasteiger partial charge in [-0.15, -0.1) is 6.07 Å². The number of hydrogen-bond donors (Lipinski definition) is 0. The second-order valence-corrected chi connectivity index (χ2v) is 1.11. The summed E-state index contributed by atoms with van der Waals surface area (Å²) in [6, 6.07) is 2.72. The molecule has 0 atom stereocenters. The van der Waals surface area contributed by atoms with Crippen LogP contribution in [-0.2, 0) is 0 Å². The fraction of sp³-hybridized carbons (Fsp3) is 0. The van der Waals surface area contributed by atoms with Crippen molar-refractivity contribution in [2.75, 3.05) is 0 Å². The summed E-state index contributed by atoms with van der Waals surface area (Å²) in [6.45, 7) is 0. The molecule has 1 aromatic rings. The first kappa shape index (κ1) is 11.9. The van der Waals surface area contributed by atoms with Crippen molar-refractivity contribution in [3.8, 4) is 0 Å². The van der Waals surface area contributed by atoms with E-state index in [1.165, 1.54) is 12.1 Å². The van der Waals surface area contributed by atoms with Crippen molar-refractivity contribution < 1.29 is 16.8 Å². The number of hydrogen-bond acceptors (Lipinski definition) is 1. The third kappa shape index (κ3) is 4.63. The Bertz CT molecular complexity index is 147. The molecule has 0 aliphatic heterocycles. The molecule has 0 saturated heterocycles. The second kappa shape index (κ2) is 6.26. The Morgan fingerprint density at radius 3 is 2.44 bits per heavy atom. The minimum Gasteiger partial charge on any atom is -1.00 e. The fourth-order valence-electron chi connectivity index (χ4n) is 0.302. The normalized spacial score (nSPS) is 6.78. The van der Waals surface area contributed by atoms with Crippen LogP contribution in [0.2, 0.25) is 0 Å². The Morgan fingerprint density at radius 1 is 1.56 bits per heavy atom. The molecule has 0 N–H and O–H groups in total. The molecule has 0 radical (unpaired) electrons. The molecule has 0 fully saturated rings. The first-order chi connectivity index (χ1) is 3.39. The largest absolute Gasteiger partial charge is 2.00 e. The predicted molar refractivity (Wildman–Crippen MR) is 28.8 cm³/mol. The molecule has 0 spiro atoms. The molecule has 44 valence electrons. The van der Waals surface area contributed by atoms with Gasteiger partial charge in [-0.1, -0.05) is 12.4 Å². The molecule has 0 aromatic carbocycles. The average Bonchev–Trinajstić information content (AvgIpc) is 1.69. The third-order valence-corrected chi connectivity index (χ3v) is 0.580. The Labute approximate surface area is 75.2 Å². The summed E-state index contributed by atoms with van der Waals surface area (Å²) in [5, 5.41) is 0. The monoisotopic (exact) mass is 155 g/mol. The topological polar surface area (TPSA) is 12.9 Å². The van der Waals surface area contributed by atoms with Gasteiger partial charge in [-0.25, -0.2) is 4.39 Å². The molecule has 0 bridgehead atoms. The van der Waals surface area contributed by atoms with Crippen LogP contribution in [0.5, 0.6) is 0 Å². The van der Waals surface area contributed by atoms with E-state index in [4.69, 9.17) is 0 Å². The van der Waals surface area contributed by atoms with Gasteiger partial charge < -0.3 is 17.4 Å². The first-order valence-corrected chi connectivity index (χ1v) is 1.87. The van der Waals surface area contributed by atoms with Gasteiger partial charge >= 0.3 is 23.1 Å². The van der Waals surface area contributed by atoms with Gasteiger partial charge in [0.05, 0.1) is 0 Å². The van der Waals surface area contributed by atoms with E-state index in [2.05, 4.69) is 11.2 Å². The Morgan fingerprint density at radius 2 is 2.22 bits per heavy atom. The van der Waals surface area contributed by atoms with Crippen LogP contribution >= 0.6 is 0 Å². The van der Waals surface area contributed by atoms with E-state index in [-0.39, 0.29) is 41.3 Å². The summed E-state index contributed by atoms with van der Waals surface area (Å²) in [5.41, 5.74) is 0. The van der Waals surface area contributed by atoms with Crippen molar-refractivity contribution in [1.82, 2.24) is 4.98 Å². The van der Waals surface area contributed by atoms with Crippen molar-refractivity contribution in [3.05, 3.63) is 30.3 Å². The van der Waals surface area contributed by atoms with Crippen LogP contribution in [0.25, 0.3) is 0 Å². The van der Waals surface area contributed by atoms with Gasteiger partial charge in [0.25, 0.3) is 0 Å². The number of pyridine rings is 1. The second-order valence-electron chi connectivity index (χ2n) is 1.11. The van der Waals surface area contributed by atoms with Gasteiger partial charge in [0.2, 0.25) is 0 Å². The van der Waals surface area contributed by atoms with Crippen LogP contribution in [0.15, 0.2) is 18.3 Å². The molecule has 0 aliphatic carbocycles. The third-order valence-electron chi connectivity index (χ3n) is 0.580. The maximum atomic E-state index is 11.8. The van der Waals surface area contributed by atoms with E-state index in [9.17, 15) is 4.39 Å². The van der Waals surface area contributed by atoms with Gasteiger partial charge in [0, 0.05) is 5.82 Å². The number of nitrogens with zero attached hydrogens (tertiary/aromatic N) is 1. The zero-order valence-electron chi connectivity index (χ0n) is 4.64. The molecule has 0 saturated carbocycles. The molecule has 0 unspecified atom stereocenters. The standard InChI is InChI=1S/C5H3FN.ClH.Mg/c6-5-2-1-3-7-4-5;;/h1-2,4H;1H;/q-1;;+2/p-1. The average molecular weight is 156 g/mol. The van der Waals surface area contributed by atoms with Crippen LogP contribution in [0.3, 0.4) is 0 Å². The molecule has 9 heavy (non-hydrogen) atoms. The van der Waals surface area contributed by atoms with Crippen molar-refractivity contribution >= 4 is 23.1 Å². The van der Waals surface area contributed by atoms with Gasteiger partial charge in [0.1, 0.15) is 0 Å². The maximum Gasteiger partial charge on any atom is 2.00 e. The minimum atomic E-state index is -0.321. The van der Waals surface area contributed by atoms with Gasteiger partial charge in [0.15, 0.2) is 0 Å². The smallest absolute Gasteiger partial charge is 1.00 e. The van der Waals surface area contributed by atoms with Crippen LogP contribution < -0.4 is 12.4 Å². The quantitative estimate of drug-likeness (QED) is 0.302. The fourth-order valence-corrected chi connectivity index (χ4v) is 0.302. The summed E-state index contributed by atoms with van der Waals surface area (Å²) in [7, 11) is 0.